The van der Waals surface area contributed by atoms with Crippen molar-refractivity contribution in [1.29, 1.82) is 0 Å². The number of hydrogen-bond acceptors (Lipinski definition) is 3. The monoisotopic (exact) mass is 465 g/mol. The Morgan fingerprint density at radius 3 is 1.80 bits per heavy atom. The Hall–Kier alpha value is -4.38. The molecule has 0 heterocycles. The van der Waals surface area contributed by atoms with Crippen LogP contribution in [0, 0.1) is 0 Å². The third-order valence-corrected chi connectivity index (χ3v) is 5.78. The SMILES string of the molecule is O=C(N[C@H](Cc1ccccc1OCc1ccccc1)C(=O)O)C(c1ccccc1)c1ccccc1. The molecule has 0 unspecified atom stereocenters. The van der Waals surface area contributed by atoms with Crippen LogP contribution in [-0.2, 0) is 22.6 Å². The predicted molar refractivity (Wildman–Crippen MR) is 135 cm³/mol. The van der Waals surface area contributed by atoms with Gasteiger partial charge in [0.05, 0.1) is 5.92 Å². The maximum Gasteiger partial charge on any atom is 0.326 e. The van der Waals surface area contributed by atoms with Crippen molar-refractivity contribution < 1.29 is 19.4 Å². The second kappa shape index (κ2) is 11.7. The summed E-state index contributed by atoms with van der Waals surface area (Å²) in [5.41, 5.74) is 3.32. The molecule has 35 heavy (non-hydrogen) atoms. The number of aliphatic carboxylic acids is 1. The lowest BCUT2D eigenvalue weighted by molar-refractivity contribution is -0.141. The predicted octanol–water partition coefficient (Wildman–Crippen LogP) is 5.21. The Kier molecular flexibility index (Phi) is 7.92. The molecule has 0 aliphatic heterocycles. The molecule has 0 spiro atoms. The van der Waals surface area contributed by atoms with Gasteiger partial charge in [-0.3, -0.25) is 4.79 Å². The Bertz CT molecular complexity index is 1200. The van der Waals surface area contributed by atoms with E-state index in [1.807, 2.05) is 115 Å². The first-order chi connectivity index (χ1) is 17.1. The summed E-state index contributed by atoms with van der Waals surface area (Å²) < 4.78 is 5.99. The summed E-state index contributed by atoms with van der Waals surface area (Å²) in [6.45, 7) is 0.367. The Morgan fingerprint density at radius 1 is 0.714 bits per heavy atom. The van der Waals surface area contributed by atoms with E-state index in [1.165, 1.54) is 0 Å². The molecule has 0 radical (unpaired) electrons. The molecule has 0 saturated heterocycles. The third kappa shape index (κ3) is 6.36. The van der Waals surface area contributed by atoms with E-state index in [4.69, 9.17) is 4.74 Å². The molecule has 1 amide bonds. The molecular formula is C30H27NO4. The van der Waals surface area contributed by atoms with E-state index >= 15 is 0 Å². The van der Waals surface area contributed by atoms with Gasteiger partial charge >= 0.3 is 5.97 Å². The number of nitrogens with one attached hydrogen (secondary N) is 1. The maximum absolute atomic E-state index is 13.4. The average Bonchev–Trinajstić information content (AvgIpc) is 2.90. The van der Waals surface area contributed by atoms with Gasteiger partial charge in [-0.1, -0.05) is 109 Å². The number of hydrogen-bond donors (Lipinski definition) is 2. The minimum Gasteiger partial charge on any atom is -0.489 e. The number of carbonyl (C=O) groups excluding carboxylic acids is 1. The van der Waals surface area contributed by atoms with E-state index in [0.717, 1.165) is 16.7 Å². The lowest BCUT2D eigenvalue weighted by Gasteiger charge is -2.22. The van der Waals surface area contributed by atoms with Gasteiger partial charge in [0.1, 0.15) is 18.4 Å². The molecule has 0 bridgehead atoms. The number of carboxylic acid groups (broad SMARTS) is 1. The number of para-hydroxylation sites is 1. The van der Waals surface area contributed by atoms with E-state index in [2.05, 4.69) is 5.32 Å². The van der Waals surface area contributed by atoms with Crippen molar-refractivity contribution in [3.05, 3.63) is 138 Å². The Balaban J connectivity index is 1.53. The quantitative estimate of drug-likeness (QED) is 0.337. The first-order valence-corrected chi connectivity index (χ1v) is 11.5. The van der Waals surface area contributed by atoms with Crippen molar-refractivity contribution in [3.63, 3.8) is 0 Å². The van der Waals surface area contributed by atoms with Crippen LogP contribution < -0.4 is 10.1 Å². The molecule has 5 nitrogen and oxygen atoms in total. The van der Waals surface area contributed by atoms with Crippen molar-refractivity contribution >= 4 is 11.9 Å². The molecule has 2 N–H and O–H groups in total. The molecule has 4 aromatic carbocycles. The number of rotatable bonds is 10. The summed E-state index contributed by atoms with van der Waals surface area (Å²) >= 11 is 0. The molecule has 0 saturated carbocycles. The largest absolute Gasteiger partial charge is 0.489 e. The Labute approximate surface area is 205 Å². The van der Waals surface area contributed by atoms with Gasteiger partial charge in [-0.25, -0.2) is 4.79 Å². The van der Waals surface area contributed by atoms with Gasteiger partial charge in [-0.05, 0) is 28.3 Å². The second-order valence-electron chi connectivity index (χ2n) is 8.24. The molecule has 0 aliphatic rings. The first-order valence-electron chi connectivity index (χ1n) is 11.5. The molecule has 1 atom stereocenters. The fourth-order valence-corrected chi connectivity index (χ4v) is 4.01. The van der Waals surface area contributed by atoms with E-state index in [9.17, 15) is 14.7 Å². The smallest absolute Gasteiger partial charge is 0.326 e. The highest BCUT2D eigenvalue weighted by atomic mass is 16.5. The highest BCUT2D eigenvalue weighted by Crippen LogP contribution is 2.26. The average molecular weight is 466 g/mol. The Morgan fingerprint density at radius 2 is 1.23 bits per heavy atom. The highest BCUT2D eigenvalue weighted by molar-refractivity contribution is 5.90. The lowest BCUT2D eigenvalue weighted by atomic mass is 9.90. The minimum atomic E-state index is -1.11. The fraction of sp³-hybridized carbons (Fsp3) is 0.133. The number of benzene rings is 4. The summed E-state index contributed by atoms with van der Waals surface area (Å²) in [6.07, 6.45) is 0.0995. The van der Waals surface area contributed by atoms with Crippen molar-refractivity contribution in [1.82, 2.24) is 5.32 Å². The van der Waals surface area contributed by atoms with E-state index in [1.54, 1.807) is 0 Å². The van der Waals surface area contributed by atoms with E-state index in [0.29, 0.717) is 17.9 Å². The topological polar surface area (TPSA) is 75.6 Å². The zero-order valence-corrected chi connectivity index (χ0v) is 19.2. The fourth-order valence-electron chi connectivity index (χ4n) is 4.01. The van der Waals surface area contributed by atoms with Crippen LogP contribution in [0.2, 0.25) is 0 Å². The van der Waals surface area contributed by atoms with Crippen LogP contribution in [0.5, 0.6) is 5.75 Å². The van der Waals surface area contributed by atoms with Crippen LogP contribution in [0.15, 0.2) is 115 Å². The second-order valence-corrected chi connectivity index (χ2v) is 8.24. The van der Waals surface area contributed by atoms with Crippen LogP contribution >= 0.6 is 0 Å². The summed E-state index contributed by atoms with van der Waals surface area (Å²) in [7, 11) is 0. The zero-order valence-electron chi connectivity index (χ0n) is 19.2. The molecule has 0 aliphatic carbocycles. The van der Waals surface area contributed by atoms with Gasteiger partial charge < -0.3 is 15.2 Å². The lowest BCUT2D eigenvalue weighted by Crippen LogP contribution is -2.44. The van der Waals surface area contributed by atoms with Crippen LogP contribution in [0.25, 0.3) is 0 Å². The van der Waals surface area contributed by atoms with Crippen LogP contribution in [0.3, 0.4) is 0 Å². The summed E-state index contributed by atoms with van der Waals surface area (Å²) in [5, 5.41) is 12.7. The first kappa shape index (κ1) is 23.8. The van der Waals surface area contributed by atoms with Crippen LogP contribution in [-0.4, -0.2) is 23.0 Å². The van der Waals surface area contributed by atoms with E-state index in [-0.39, 0.29) is 12.3 Å². The van der Waals surface area contributed by atoms with Gasteiger partial charge in [0.25, 0.3) is 0 Å². The third-order valence-electron chi connectivity index (χ3n) is 5.78. The zero-order chi connectivity index (χ0) is 24.5. The van der Waals surface area contributed by atoms with Crippen molar-refractivity contribution in [2.45, 2.75) is 25.0 Å². The van der Waals surface area contributed by atoms with Crippen LogP contribution in [0.1, 0.15) is 28.2 Å². The number of carboxylic acids is 1. The molecule has 0 aromatic heterocycles. The molecule has 4 rings (SSSR count). The minimum absolute atomic E-state index is 0.0995. The van der Waals surface area contributed by atoms with Gasteiger partial charge in [-0.2, -0.15) is 0 Å². The van der Waals surface area contributed by atoms with Crippen molar-refractivity contribution in [2.75, 3.05) is 0 Å². The van der Waals surface area contributed by atoms with Crippen molar-refractivity contribution in [2.24, 2.45) is 0 Å². The number of carbonyl (C=O) groups is 2. The van der Waals surface area contributed by atoms with Crippen molar-refractivity contribution in [3.8, 4) is 5.75 Å². The molecular weight excluding hydrogens is 438 g/mol. The molecule has 5 heteroatoms. The standard InChI is InChI=1S/C30H27NO4/c32-29(28(23-14-6-2-7-15-23)24-16-8-3-9-17-24)31-26(30(33)34)20-25-18-10-11-19-27(25)35-21-22-12-4-1-5-13-22/h1-19,26,28H,20-21H2,(H,31,32)(H,33,34)/t26-/m1/s1. The summed E-state index contributed by atoms with van der Waals surface area (Å²) in [4.78, 5) is 25.6. The number of amides is 1. The molecule has 176 valence electrons. The maximum atomic E-state index is 13.4. The van der Waals surface area contributed by atoms with E-state index < -0.39 is 17.9 Å². The highest BCUT2D eigenvalue weighted by Gasteiger charge is 2.28. The van der Waals surface area contributed by atoms with Crippen LogP contribution in [0.4, 0.5) is 0 Å². The molecule has 4 aromatic rings. The summed E-state index contributed by atoms with van der Waals surface area (Å²) in [5.74, 6) is -1.49. The summed E-state index contributed by atoms with van der Waals surface area (Å²) in [6, 6.07) is 34.7. The van der Waals surface area contributed by atoms with Gasteiger partial charge in [0.2, 0.25) is 5.91 Å². The van der Waals surface area contributed by atoms with Gasteiger partial charge in [-0.15, -0.1) is 0 Å². The number of ether oxygens (including phenoxy) is 1. The van der Waals surface area contributed by atoms with Gasteiger partial charge in [0, 0.05) is 6.42 Å². The normalized spacial score (nSPS) is 11.6. The van der Waals surface area contributed by atoms with Gasteiger partial charge in [0.15, 0.2) is 0 Å². The molecule has 0 fully saturated rings.